The Bertz CT molecular complexity index is 278. The van der Waals surface area contributed by atoms with Gasteiger partial charge in [-0.25, -0.2) is 0 Å². The fourth-order valence-electron chi connectivity index (χ4n) is 2.44. The van der Waals surface area contributed by atoms with Crippen LogP contribution in [0.2, 0.25) is 0 Å². The number of amides is 1. The second kappa shape index (κ2) is 3.90. The zero-order valence-corrected chi connectivity index (χ0v) is 12.0. The Morgan fingerprint density at radius 2 is 1.75 bits per heavy atom. The van der Waals surface area contributed by atoms with Crippen LogP contribution in [0, 0.1) is 16.7 Å². The lowest BCUT2D eigenvalue weighted by Gasteiger charge is -2.27. The van der Waals surface area contributed by atoms with Crippen molar-refractivity contribution in [1.82, 2.24) is 5.32 Å². The largest absolute Gasteiger partial charge is 0.349 e. The number of nitrogens with one attached hydrogen (secondary N) is 1. The Balaban J connectivity index is 2.70. The average Bonchev–Trinajstić information content (AvgIpc) is 2.57. The van der Waals surface area contributed by atoms with Gasteiger partial charge in [0.05, 0.1) is 5.54 Å². The molecule has 0 heterocycles. The van der Waals surface area contributed by atoms with Crippen LogP contribution in [-0.4, -0.2) is 17.3 Å². The third-order valence-electron chi connectivity index (χ3n) is 4.78. The minimum atomic E-state index is -0.270. The quantitative estimate of drug-likeness (QED) is 0.758. The Hall–Kier alpha value is -0.240. The molecule has 94 valence electrons. The second-order valence-electron chi connectivity index (χ2n) is 6.41. The molecule has 1 aliphatic carbocycles. The van der Waals surface area contributed by atoms with Crippen molar-refractivity contribution in [2.45, 2.75) is 53.5 Å². The minimum absolute atomic E-state index is 0.0953. The zero-order chi connectivity index (χ0) is 12.8. The summed E-state index contributed by atoms with van der Waals surface area (Å²) in [5, 5.41) is 3.10. The van der Waals surface area contributed by atoms with Crippen molar-refractivity contribution in [2.24, 2.45) is 16.7 Å². The van der Waals surface area contributed by atoms with Gasteiger partial charge in [-0.1, -0.05) is 34.6 Å². The average molecular weight is 246 g/mol. The number of carbonyl (C=O) groups is 1. The van der Waals surface area contributed by atoms with Crippen molar-refractivity contribution < 1.29 is 4.79 Å². The molecule has 1 saturated carbocycles. The second-order valence-corrected chi connectivity index (χ2v) is 6.68. The molecule has 1 amide bonds. The van der Waals surface area contributed by atoms with E-state index in [-0.39, 0.29) is 28.2 Å². The van der Waals surface area contributed by atoms with E-state index in [1.54, 1.807) is 0 Å². The SMILES string of the molecule is CCC(C)(CCl)NC(=O)C1C(C)(C)C1(C)C. The van der Waals surface area contributed by atoms with E-state index in [0.29, 0.717) is 5.88 Å². The summed E-state index contributed by atoms with van der Waals surface area (Å²) >= 11 is 5.91. The molecule has 0 radical (unpaired) electrons. The van der Waals surface area contributed by atoms with Crippen LogP contribution in [0.1, 0.15) is 48.0 Å². The van der Waals surface area contributed by atoms with E-state index in [1.807, 2.05) is 13.8 Å². The van der Waals surface area contributed by atoms with Gasteiger partial charge in [-0.15, -0.1) is 11.6 Å². The first-order chi connectivity index (χ1) is 7.12. The van der Waals surface area contributed by atoms with Gasteiger partial charge >= 0.3 is 0 Å². The Labute approximate surface area is 104 Å². The lowest BCUT2D eigenvalue weighted by molar-refractivity contribution is -0.125. The van der Waals surface area contributed by atoms with Gasteiger partial charge in [0.1, 0.15) is 0 Å². The molecule has 1 unspecified atom stereocenters. The van der Waals surface area contributed by atoms with Crippen LogP contribution in [0.4, 0.5) is 0 Å². The van der Waals surface area contributed by atoms with Gasteiger partial charge < -0.3 is 5.32 Å². The van der Waals surface area contributed by atoms with E-state index >= 15 is 0 Å². The molecular weight excluding hydrogens is 222 g/mol. The predicted molar refractivity (Wildman–Crippen MR) is 68.6 cm³/mol. The Kier molecular flexibility index (Phi) is 3.37. The minimum Gasteiger partial charge on any atom is -0.349 e. The number of hydrogen-bond acceptors (Lipinski definition) is 1. The highest BCUT2D eigenvalue weighted by Gasteiger charge is 2.68. The number of alkyl halides is 1. The summed E-state index contributed by atoms with van der Waals surface area (Å²) < 4.78 is 0. The van der Waals surface area contributed by atoms with Crippen molar-refractivity contribution in [3.8, 4) is 0 Å². The first kappa shape index (κ1) is 13.8. The van der Waals surface area contributed by atoms with Crippen LogP contribution in [0.25, 0.3) is 0 Å². The summed E-state index contributed by atoms with van der Waals surface area (Å²) in [4.78, 5) is 12.2. The maximum Gasteiger partial charge on any atom is 0.224 e. The van der Waals surface area contributed by atoms with Crippen molar-refractivity contribution >= 4 is 17.5 Å². The zero-order valence-electron chi connectivity index (χ0n) is 11.3. The van der Waals surface area contributed by atoms with Crippen LogP contribution >= 0.6 is 11.6 Å². The lowest BCUT2D eigenvalue weighted by Crippen LogP contribution is -2.48. The number of carbonyl (C=O) groups excluding carboxylic acids is 1. The Morgan fingerprint density at radius 3 is 2.00 bits per heavy atom. The molecule has 0 bridgehead atoms. The van der Waals surface area contributed by atoms with Gasteiger partial charge in [0.15, 0.2) is 0 Å². The topological polar surface area (TPSA) is 29.1 Å². The van der Waals surface area contributed by atoms with Gasteiger partial charge in [-0.05, 0) is 24.2 Å². The lowest BCUT2D eigenvalue weighted by atomic mass is 10.0. The molecule has 0 aromatic rings. The highest BCUT2D eigenvalue weighted by Crippen LogP contribution is 2.68. The molecule has 2 nitrogen and oxygen atoms in total. The molecule has 1 rings (SSSR count). The standard InChI is InChI=1S/C13H24ClNO/c1-7-13(6,8-14)15-10(16)9-11(2,3)12(9,4)5/h9H,7-8H2,1-6H3,(H,15,16). The van der Waals surface area contributed by atoms with Crippen molar-refractivity contribution in [3.05, 3.63) is 0 Å². The highest BCUT2D eigenvalue weighted by molar-refractivity contribution is 6.18. The molecule has 1 fully saturated rings. The third kappa shape index (κ3) is 1.97. The Morgan fingerprint density at radius 1 is 1.31 bits per heavy atom. The van der Waals surface area contributed by atoms with E-state index in [4.69, 9.17) is 11.6 Å². The predicted octanol–water partition coefficient (Wildman–Crippen LogP) is 3.19. The first-order valence-corrected chi connectivity index (χ1v) is 6.54. The van der Waals surface area contributed by atoms with Crippen LogP contribution in [-0.2, 0) is 4.79 Å². The molecule has 1 atom stereocenters. The summed E-state index contributed by atoms with van der Waals surface area (Å²) in [5.74, 6) is 0.720. The fraction of sp³-hybridized carbons (Fsp3) is 0.923. The summed E-state index contributed by atoms with van der Waals surface area (Å²) in [6.07, 6.45) is 0.857. The fourth-order valence-corrected chi connectivity index (χ4v) is 2.69. The van der Waals surface area contributed by atoms with Gasteiger partial charge in [0.2, 0.25) is 5.91 Å². The monoisotopic (exact) mass is 245 g/mol. The molecule has 0 aromatic carbocycles. The summed E-state index contributed by atoms with van der Waals surface area (Å²) in [7, 11) is 0. The molecule has 1 aliphatic rings. The molecule has 16 heavy (non-hydrogen) atoms. The van der Waals surface area contributed by atoms with Crippen LogP contribution < -0.4 is 5.32 Å². The molecule has 0 aromatic heterocycles. The van der Waals surface area contributed by atoms with Crippen LogP contribution in [0.3, 0.4) is 0 Å². The van der Waals surface area contributed by atoms with Crippen LogP contribution in [0.5, 0.6) is 0 Å². The van der Waals surface area contributed by atoms with E-state index in [0.717, 1.165) is 6.42 Å². The normalized spacial score (nSPS) is 25.9. The molecule has 1 N–H and O–H groups in total. The van der Waals surface area contributed by atoms with E-state index in [9.17, 15) is 4.79 Å². The molecule has 0 saturated heterocycles. The van der Waals surface area contributed by atoms with Crippen molar-refractivity contribution in [3.63, 3.8) is 0 Å². The molecular formula is C13H24ClNO. The van der Waals surface area contributed by atoms with Crippen molar-refractivity contribution in [2.75, 3.05) is 5.88 Å². The van der Waals surface area contributed by atoms with E-state index in [2.05, 4.69) is 33.0 Å². The number of halogens is 1. The highest BCUT2D eigenvalue weighted by atomic mass is 35.5. The van der Waals surface area contributed by atoms with Crippen molar-refractivity contribution in [1.29, 1.82) is 0 Å². The van der Waals surface area contributed by atoms with Gasteiger partial charge in [-0.3, -0.25) is 4.79 Å². The maximum atomic E-state index is 12.2. The van der Waals surface area contributed by atoms with Gasteiger partial charge in [-0.2, -0.15) is 0 Å². The smallest absolute Gasteiger partial charge is 0.224 e. The third-order valence-corrected chi connectivity index (χ3v) is 5.37. The first-order valence-electron chi connectivity index (χ1n) is 6.00. The van der Waals surface area contributed by atoms with Gasteiger partial charge in [0, 0.05) is 11.8 Å². The molecule has 0 spiro atoms. The summed E-state index contributed by atoms with van der Waals surface area (Å²) in [5.41, 5.74) is -0.0799. The number of rotatable bonds is 4. The number of hydrogen-bond donors (Lipinski definition) is 1. The molecule has 0 aliphatic heterocycles. The van der Waals surface area contributed by atoms with Gasteiger partial charge in [0.25, 0.3) is 0 Å². The summed E-state index contributed by atoms with van der Waals surface area (Å²) in [6.45, 7) is 12.7. The van der Waals surface area contributed by atoms with E-state index in [1.165, 1.54) is 0 Å². The van der Waals surface area contributed by atoms with Crippen LogP contribution in [0.15, 0.2) is 0 Å². The van der Waals surface area contributed by atoms with E-state index < -0.39 is 0 Å². The summed E-state index contributed by atoms with van der Waals surface area (Å²) in [6, 6.07) is 0. The molecule has 3 heteroatoms. The maximum absolute atomic E-state index is 12.2.